The number of nitrogens with one attached hydrogen (secondary N) is 1. The monoisotopic (exact) mass is 263 g/mol. The minimum atomic E-state index is -0.474. The lowest BCUT2D eigenvalue weighted by Gasteiger charge is -2.36. The number of H-pyrrole nitrogens is 1. The number of carbonyl (C=O) groups excluding carboxylic acids is 1. The van der Waals surface area contributed by atoms with E-state index in [9.17, 15) is 4.79 Å². The molecule has 0 radical (unpaired) electrons. The van der Waals surface area contributed by atoms with Crippen molar-refractivity contribution in [2.45, 2.75) is 47.0 Å². The zero-order valence-electron chi connectivity index (χ0n) is 12.1. The summed E-state index contributed by atoms with van der Waals surface area (Å²) >= 11 is 0. The lowest BCUT2D eigenvalue weighted by Crippen LogP contribution is -2.49. The van der Waals surface area contributed by atoms with Gasteiger partial charge in [-0.25, -0.2) is 4.99 Å². The van der Waals surface area contributed by atoms with Crippen LogP contribution in [-0.4, -0.2) is 29.4 Å². The average molecular weight is 263 g/mol. The van der Waals surface area contributed by atoms with Crippen molar-refractivity contribution >= 4 is 23.6 Å². The van der Waals surface area contributed by atoms with Crippen molar-refractivity contribution in [1.29, 1.82) is 0 Å². The Morgan fingerprint density at radius 2 is 2.16 bits per heavy atom. The first kappa shape index (κ1) is 13.8. The quantitative estimate of drug-likeness (QED) is 0.892. The number of amides is 1. The lowest BCUT2D eigenvalue weighted by atomic mass is 9.94. The smallest absolute Gasteiger partial charge is 0.234 e. The van der Waals surface area contributed by atoms with Gasteiger partial charge >= 0.3 is 0 Å². The minimum Gasteiger partial charge on any atom is -0.350 e. The molecule has 0 saturated carbocycles. The van der Waals surface area contributed by atoms with Crippen LogP contribution in [0.2, 0.25) is 0 Å². The van der Waals surface area contributed by atoms with E-state index < -0.39 is 11.6 Å². The Balaban J connectivity index is 2.39. The maximum Gasteiger partial charge on any atom is 0.234 e. The molecule has 5 nitrogen and oxygen atoms in total. The number of nitrogens with zero attached hydrogens (tertiary/aromatic N) is 2. The Hall–Kier alpha value is -1.62. The number of rotatable bonds is 2. The molecule has 0 bridgehead atoms. The second-order valence-electron chi connectivity index (χ2n) is 5.99. The second kappa shape index (κ2) is 4.81. The van der Waals surface area contributed by atoms with Gasteiger partial charge in [-0.15, -0.1) is 0 Å². The number of aromatic nitrogens is 1. The van der Waals surface area contributed by atoms with Gasteiger partial charge in [-0.2, -0.15) is 0 Å². The van der Waals surface area contributed by atoms with Gasteiger partial charge in [0.05, 0.1) is 18.0 Å². The van der Waals surface area contributed by atoms with Gasteiger partial charge in [0.15, 0.2) is 12.0 Å². The van der Waals surface area contributed by atoms with Gasteiger partial charge in [-0.3, -0.25) is 9.69 Å². The normalized spacial score (nSPS) is 18.8. The van der Waals surface area contributed by atoms with Gasteiger partial charge in [0.1, 0.15) is 0 Å². The Morgan fingerprint density at radius 1 is 1.47 bits per heavy atom. The highest BCUT2D eigenvalue weighted by Gasteiger charge is 2.36. The molecule has 0 aromatic carbocycles. The number of hydrogen-bond donors (Lipinski definition) is 1. The van der Waals surface area contributed by atoms with Crippen molar-refractivity contribution in [3.05, 3.63) is 12.3 Å². The average Bonchev–Trinajstić information content (AvgIpc) is 2.73. The third kappa shape index (κ3) is 2.71. The van der Waals surface area contributed by atoms with Crippen LogP contribution in [0.25, 0.3) is 0 Å². The highest BCUT2D eigenvalue weighted by atomic mass is 16.5. The molecule has 1 aliphatic rings. The van der Waals surface area contributed by atoms with Gasteiger partial charge in [0.2, 0.25) is 5.91 Å². The summed E-state index contributed by atoms with van der Waals surface area (Å²) in [5, 5.41) is 0. The number of fused-ring (bicyclic) bond motifs is 1. The molecule has 1 atom stereocenters. The highest BCUT2D eigenvalue weighted by molar-refractivity contribution is 6.04. The van der Waals surface area contributed by atoms with Crippen LogP contribution in [0.15, 0.2) is 17.3 Å². The van der Waals surface area contributed by atoms with Crippen LogP contribution in [0, 0.1) is 5.41 Å². The molecular weight excluding hydrogens is 242 g/mol. The zero-order valence-corrected chi connectivity index (χ0v) is 12.1. The standard InChI is InChI=1S/C14H21N3O2/c1-9(2)19-11-8-16-12-10(6-7-15-12)17(11)13(18)14(3,4)5/h6-9,11,15H,1-5H3. The molecule has 1 aromatic rings. The summed E-state index contributed by atoms with van der Waals surface area (Å²) in [6.07, 6.45) is 3.02. The first-order valence-electron chi connectivity index (χ1n) is 6.51. The second-order valence-corrected chi connectivity index (χ2v) is 5.99. The zero-order chi connectivity index (χ0) is 14.2. The molecule has 0 spiro atoms. The van der Waals surface area contributed by atoms with Gasteiger partial charge in [-0.05, 0) is 19.9 Å². The van der Waals surface area contributed by atoms with Crippen molar-refractivity contribution < 1.29 is 9.53 Å². The van der Waals surface area contributed by atoms with Gasteiger partial charge in [-0.1, -0.05) is 20.8 Å². The topological polar surface area (TPSA) is 57.7 Å². The predicted octanol–water partition coefficient (Wildman–Crippen LogP) is 2.86. The Morgan fingerprint density at radius 3 is 2.74 bits per heavy atom. The lowest BCUT2D eigenvalue weighted by molar-refractivity contribution is -0.128. The number of anilines is 1. The van der Waals surface area contributed by atoms with E-state index in [-0.39, 0.29) is 12.0 Å². The predicted molar refractivity (Wildman–Crippen MR) is 75.9 cm³/mol. The summed E-state index contributed by atoms with van der Waals surface area (Å²) in [4.78, 5) is 21.6. The molecule has 1 N–H and O–H groups in total. The first-order valence-corrected chi connectivity index (χ1v) is 6.51. The molecule has 19 heavy (non-hydrogen) atoms. The van der Waals surface area contributed by atoms with E-state index in [4.69, 9.17) is 4.74 Å². The summed E-state index contributed by atoms with van der Waals surface area (Å²) in [7, 11) is 0. The number of aromatic amines is 1. The molecule has 0 saturated heterocycles. The van der Waals surface area contributed by atoms with Crippen LogP contribution in [0.1, 0.15) is 34.6 Å². The number of aliphatic imine (C=N–C) groups is 1. The van der Waals surface area contributed by atoms with E-state index in [0.29, 0.717) is 5.82 Å². The molecular formula is C14H21N3O2. The van der Waals surface area contributed by atoms with Crippen LogP contribution in [0.5, 0.6) is 0 Å². The molecule has 1 amide bonds. The molecule has 2 rings (SSSR count). The van der Waals surface area contributed by atoms with Crippen molar-refractivity contribution in [2.75, 3.05) is 4.90 Å². The van der Waals surface area contributed by atoms with Crippen LogP contribution in [-0.2, 0) is 9.53 Å². The SMILES string of the molecule is CC(C)OC1C=Nc2[nH]ccc2N1C(=O)C(C)(C)C. The van der Waals surface area contributed by atoms with E-state index >= 15 is 0 Å². The molecule has 1 aliphatic heterocycles. The Bertz CT molecular complexity index is 497. The van der Waals surface area contributed by atoms with E-state index in [0.717, 1.165) is 5.69 Å². The molecule has 1 unspecified atom stereocenters. The van der Waals surface area contributed by atoms with Gasteiger partial charge in [0.25, 0.3) is 0 Å². The van der Waals surface area contributed by atoms with Crippen molar-refractivity contribution in [2.24, 2.45) is 10.4 Å². The summed E-state index contributed by atoms with van der Waals surface area (Å²) < 4.78 is 5.79. The van der Waals surface area contributed by atoms with Gasteiger partial charge in [0, 0.05) is 11.6 Å². The molecule has 104 valence electrons. The van der Waals surface area contributed by atoms with Crippen molar-refractivity contribution in [3.63, 3.8) is 0 Å². The third-order valence-corrected chi connectivity index (χ3v) is 2.82. The van der Waals surface area contributed by atoms with Crippen LogP contribution >= 0.6 is 0 Å². The maximum atomic E-state index is 12.6. The highest BCUT2D eigenvalue weighted by Crippen LogP contribution is 2.35. The largest absolute Gasteiger partial charge is 0.350 e. The van der Waals surface area contributed by atoms with E-state index in [1.807, 2.05) is 40.7 Å². The van der Waals surface area contributed by atoms with E-state index in [1.54, 1.807) is 17.3 Å². The van der Waals surface area contributed by atoms with Crippen molar-refractivity contribution in [3.8, 4) is 0 Å². The fraction of sp³-hybridized carbons (Fsp3) is 0.571. The minimum absolute atomic E-state index is 0.0187. The number of carbonyl (C=O) groups is 1. The first-order chi connectivity index (χ1) is 8.80. The summed E-state index contributed by atoms with van der Waals surface area (Å²) in [5.41, 5.74) is 0.297. The molecule has 5 heteroatoms. The van der Waals surface area contributed by atoms with E-state index in [1.165, 1.54) is 0 Å². The van der Waals surface area contributed by atoms with E-state index in [2.05, 4.69) is 9.98 Å². The molecule has 0 aliphatic carbocycles. The van der Waals surface area contributed by atoms with Crippen LogP contribution < -0.4 is 4.90 Å². The Kier molecular flexibility index (Phi) is 3.49. The van der Waals surface area contributed by atoms with Crippen LogP contribution in [0.3, 0.4) is 0 Å². The fourth-order valence-electron chi connectivity index (χ4n) is 1.95. The fourth-order valence-corrected chi connectivity index (χ4v) is 1.95. The van der Waals surface area contributed by atoms with Crippen molar-refractivity contribution in [1.82, 2.24) is 4.98 Å². The summed E-state index contributed by atoms with van der Waals surface area (Å²) in [5.74, 6) is 0.714. The third-order valence-electron chi connectivity index (χ3n) is 2.82. The summed E-state index contributed by atoms with van der Waals surface area (Å²) in [6, 6.07) is 1.85. The Labute approximate surface area is 113 Å². The molecule has 1 aromatic heterocycles. The summed E-state index contributed by atoms with van der Waals surface area (Å²) in [6.45, 7) is 9.60. The van der Waals surface area contributed by atoms with Gasteiger partial charge < -0.3 is 9.72 Å². The molecule has 0 fully saturated rings. The maximum absolute atomic E-state index is 12.6. The van der Waals surface area contributed by atoms with Crippen LogP contribution in [0.4, 0.5) is 11.5 Å². The number of ether oxygens (including phenoxy) is 1. The number of hydrogen-bond acceptors (Lipinski definition) is 3. The molecule has 2 heterocycles.